The molecule has 11 heavy (non-hydrogen) atoms. The van der Waals surface area contributed by atoms with Gasteiger partial charge in [-0.05, 0) is 6.42 Å². The van der Waals surface area contributed by atoms with Crippen LogP contribution in [0.5, 0.6) is 0 Å². The number of aliphatic hydroxyl groups is 2. The third kappa shape index (κ3) is 1.52. The Hall–Kier alpha value is -0.610. The Morgan fingerprint density at radius 1 is 1.73 bits per heavy atom. The summed E-state index contributed by atoms with van der Waals surface area (Å²) in [4.78, 5) is 10.7. The lowest BCUT2D eigenvalue weighted by atomic mass is 9.91. The smallest absolute Gasteiger partial charge is 0.227 e. The van der Waals surface area contributed by atoms with E-state index in [1.165, 1.54) is 0 Å². The lowest BCUT2D eigenvalue weighted by Crippen LogP contribution is -2.56. The van der Waals surface area contributed by atoms with Gasteiger partial charge in [-0.2, -0.15) is 0 Å². The van der Waals surface area contributed by atoms with Crippen LogP contribution in [0.3, 0.4) is 0 Å². The minimum absolute atomic E-state index is 0.162. The summed E-state index contributed by atoms with van der Waals surface area (Å²) >= 11 is 0. The molecule has 0 bridgehead atoms. The van der Waals surface area contributed by atoms with E-state index in [1.807, 2.05) is 0 Å². The zero-order valence-electron chi connectivity index (χ0n) is 6.45. The molecular formula is C7H13NO3. The maximum Gasteiger partial charge on any atom is 0.227 e. The summed E-state index contributed by atoms with van der Waals surface area (Å²) < 4.78 is 0. The number of amides is 1. The SMILES string of the molecule is CCC(O)C(O)C1CNC1=O. The number of nitrogens with one attached hydrogen (secondary N) is 1. The van der Waals surface area contributed by atoms with Crippen LogP contribution in [0.1, 0.15) is 13.3 Å². The van der Waals surface area contributed by atoms with E-state index in [4.69, 9.17) is 5.11 Å². The molecule has 1 rings (SSSR count). The minimum Gasteiger partial charge on any atom is -0.390 e. The van der Waals surface area contributed by atoms with Crippen molar-refractivity contribution in [2.24, 2.45) is 5.92 Å². The molecule has 4 nitrogen and oxygen atoms in total. The Bertz CT molecular complexity index is 160. The molecule has 1 fully saturated rings. The van der Waals surface area contributed by atoms with Crippen LogP contribution < -0.4 is 5.32 Å². The molecule has 3 N–H and O–H groups in total. The van der Waals surface area contributed by atoms with Gasteiger partial charge in [0, 0.05) is 6.54 Å². The summed E-state index contributed by atoms with van der Waals surface area (Å²) in [6, 6.07) is 0. The second kappa shape index (κ2) is 3.19. The predicted molar refractivity (Wildman–Crippen MR) is 38.8 cm³/mol. The first-order valence-electron chi connectivity index (χ1n) is 3.80. The topological polar surface area (TPSA) is 69.6 Å². The average molecular weight is 159 g/mol. The fraction of sp³-hybridized carbons (Fsp3) is 0.857. The Morgan fingerprint density at radius 2 is 2.36 bits per heavy atom. The molecule has 3 unspecified atom stereocenters. The monoisotopic (exact) mass is 159 g/mol. The molecule has 0 aromatic carbocycles. The number of carbonyl (C=O) groups excluding carboxylic acids is 1. The minimum atomic E-state index is -0.895. The van der Waals surface area contributed by atoms with Crippen LogP contribution in [0.2, 0.25) is 0 Å². The van der Waals surface area contributed by atoms with Crippen LogP contribution in [-0.2, 0) is 4.79 Å². The Kier molecular flexibility index (Phi) is 2.46. The number of hydrogen-bond donors (Lipinski definition) is 3. The normalized spacial score (nSPS) is 28.6. The maximum atomic E-state index is 10.7. The van der Waals surface area contributed by atoms with E-state index in [1.54, 1.807) is 6.92 Å². The molecule has 1 heterocycles. The van der Waals surface area contributed by atoms with Gasteiger partial charge in [0.2, 0.25) is 5.91 Å². The van der Waals surface area contributed by atoms with Gasteiger partial charge in [-0.3, -0.25) is 4.79 Å². The van der Waals surface area contributed by atoms with Crippen LogP contribution in [0.4, 0.5) is 0 Å². The Morgan fingerprint density at radius 3 is 2.64 bits per heavy atom. The van der Waals surface area contributed by atoms with Crippen molar-refractivity contribution in [1.29, 1.82) is 0 Å². The van der Waals surface area contributed by atoms with E-state index in [2.05, 4.69) is 5.32 Å². The lowest BCUT2D eigenvalue weighted by molar-refractivity contribution is -0.140. The van der Waals surface area contributed by atoms with Crippen molar-refractivity contribution >= 4 is 5.91 Å². The summed E-state index contributed by atoms with van der Waals surface area (Å²) in [7, 11) is 0. The van der Waals surface area contributed by atoms with E-state index >= 15 is 0 Å². The van der Waals surface area contributed by atoms with Gasteiger partial charge >= 0.3 is 0 Å². The van der Waals surface area contributed by atoms with Crippen molar-refractivity contribution < 1.29 is 15.0 Å². The second-order valence-corrected chi connectivity index (χ2v) is 2.82. The van der Waals surface area contributed by atoms with Crippen LogP contribution in [0.25, 0.3) is 0 Å². The largest absolute Gasteiger partial charge is 0.390 e. The van der Waals surface area contributed by atoms with Gasteiger partial charge in [-0.25, -0.2) is 0 Å². The number of hydrogen-bond acceptors (Lipinski definition) is 3. The summed E-state index contributed by atoms with van der Waals surface area (Å²) in [5.74, 6) is -0.560. The van der Waals surface area contributed by atoms with E-state index in [9.17, 15) is 9.90 Å². The van der Waals surface area contributed by atoms with Crippen LogP contribution in [-0.4, -0.2) is 34.9 Å². The predicted octanol–water partition coefficient (Wildman–Crippen LogP) is -1.14. The van der Waals surface area contributed by atoms with Crippen molar-refractivity contribution in [2.75, 3.05) is 6.54 Å². The van der Waals surface area contributed by atoms with Crippen LogP contribution in [0.15, 0.2) is 0 Å². The molecule has 3 atom stereocenters. The van der Waals surface area contributed by atoms with Crippen molar-refractivity contribution in [3.63, 3.8) is 0 Å². The third-order valence-electron chi connectivity index (χ3n) is 2.06. The summed E-state index contributed by atoms with van der Waals surface area (Å²) in [5.41, 5.74) is 0. The molecule has 0 aliphatic carbocycles. The molecule has 1 amide bonds. The van der Waals surface area contributed by atoms with Gasteiger partial charge in [-0.15, -0.1) is 0 Å². The molecule has 0 aromatic heterocycles. The fourth-order valence-electron chi connectivity index (χ4n) is 1.09. The van der Waals surface area contributed by atoms with Crippen molar-refractivity contribution in [2.45, 2.75) is 25.6 Å². The molecule has 0 aromatic rings. The van der Waals surface area contributed by atoms with E-state index in [0.717, 1.165) is 0 Å². The molecule has 0 radical (unpaired) electrons. The highest BCUT2D eigenvalue weighted by Gasteiger charge is 2.37. The second-order valence-electron chi connectivity index (χ2n) is 2.82. The van der Waals surface area contributed by atoms with E-state index < -0.39 is 18.1 Å². The van der Waals surface area contributed by atoms with Gasteiger partial charge in [0.05, 0.1) is 18.1 Å². The van der Waals surface area contributed by atoms with Crippen molar-refractivity contribution in [3.8, 4) is 0 Å². The zero-order valence-corrected chi connectivity index (χ0v) is 6.45. The molecule has 64 valence electrons. The van der Waals surface area contributed by atoms with Gasteiger partial charge < -0.3 is 15.5 Å². The lowest BCUT2D eigenvalue weighted by Gasteiger charge is -2.32. The fourth-order valence-corrected chi connectivity index (χ4v) is 1.09. The number of aliphatic hydroxyl groups excluding tert-OH is 2. The summed E-state index contributed by atoms with van der Waals surface area (Å²) in [6.07, 6.45) is -1.19. The Balaban J connectivity index is 2.40. The summed E-state index contributed by atoms with van der Waals surface area (Å²) in [6.45, 7) is 2.25. The third-order valence-corrected chi connectivity index (χ3v) is 2.06. The molecule has 1 saturated heterocycles. The zero-order chi connectivity index (χ0) is 8.43. The van der Waals surface area contributed by atoms with Gasteiger partial charge in [-0.1, -0.05) is 6.92 Å². The highest BCUT2D eigenvalue weighted by Crippen LogP contribution is 2.15. The molecule has 1 aliphatic rings. The molecule has 1 aliphatic heterocycles. The molecule has 4 heteroatoms. The molecular weight excluding hydrogens is 146 g/mol. The number of carbonyl (C=O) groups is 1. The van der Waals surface area contributed by atoms with Gasteiger partial charge in [0.25, 0.3) is 0 Å². The summed E-state index contributed by atoms with van der Waals surface area (Å²) in [5, 5.41) is 21.0. The highest BCUT2D eigenvalue weighted by molar-refractivity contribution is 5.85. The highest BCUT2D eigenvalue weighted by atomic mass is 16.3. The van der Waals surface area contributed by atoms with E-state index in [0.29, 0.717) is 13.0 Å². The van der Waals surface area contributed by atoms with Crippen molar-refractivity contribution in [3.05, 3.63) is 0 Å². The first kappa shape index (κ1) is 8.49. The standard InChI is InChI=1S/C7H13NO3/c1-2-5(9)6(10)4-3-8-7(4)11/h4-6,9-10H,2-3H2,1H3,(H,8,11). The van der Waals surface area contributed by atoms with Crippen molar-refractivity contribution in [1.82, 2.24) is 5.32 Å². The maximum absolute atomic E-state index is 10.7. The first-order chi connectivity index (χ1) is 5.16. The molecule has 0 spiro atoms. The average Bonchev–Trinajstić information content (AvgIpc) is 2.00. The number of β-lactam (4-membered cyclic amide) rings is 1. The first-order valence-corrected chi connectivity index (χ1v) is 3.80. The van der Waals surface area contributed by atoms with Crippen LogP contribution >= 0.6 is 0 Å². The van der Waals surface area contributed by atoms with Gasteiger partial charge in [0.15, 0.2) is 0 Å². The number of rotatable bonds is 3. The van der Waals surface area contributed by atoms with E-state index in [-0.39, 0.29) is 5.91 Å². The van der Waals surface area contributed by atoms with Gasteiger partial charge in [0.1, 0.15) is 0 Å². The molecule has 0 saturated carbocycles. The van der Waals surface area contributed by atoms with Crippen LogP contribution in [0, 0.1) is 5.92 Å². The Labute approximate surface area is 65.2 Å². The quantitative estimate of drug-likeness (QED) is 0.456.